The highest BCUT2D eigenvalue weighted by atomic mass is 16.6. The summed E-state index contributed by atoms with van der Waals surface area (Å²) in [5.74, 6) is 0.505. The van der Waals surface area contributed by atoms with Crippen molar-refractivity contribution in [1.29, 1.82) is 0 Å². The van der Waals surface area contributed by atoms with Crippen molar-refractivity contribution in [2.75, 3.05) is 0 Å². The topological polar surface area (TPSA) is 72.6 Å². The van der Waals surface area contributed by atoms with Gasteiger partial charge >= 0.3 is 0 Å². The molecule has 5 heteroatoms. The Kier molecular flexibility index (Phi) is 4.32. The number of nitro benzene ring substituents is 1. The van der Waals surface area contributed by atoms with Crippen molar-refractivity contribution in [3.63, 3.8) is 0 Å². The standard InChI is InChI=1S/C15H15NO4/c1-11-14(16(18)19)3-2-4-15(11)20-10-13-7-5-12(9-17)6-8-13/h2-8,17H,9-10H2,1H3. The predicted molar refractivity (Wildman–Crippen MR) is 74.5 cm³/mol. The monoisotopic (exact) mass is 273 g/mol. The van der Waals surface area contributed by atoms with E-state index in [1.54, 1.807) is 19.1 Å². The van der Waals surface area contributed by atoms with Crippen molar-refractivity contribution in [1.82, 2.24) is 0 Å². The van der Waals surface area contributed by atoms with E-state index in [2.05, 4.69) is 0 Å². The molecule has 0 aromatic heterocycles. The number of rotatable bonds is 5. The van der Waals surface area contributed by atoms with E-state index < -0.39 is 4.92 Å². The van der Waals surface area contributed by atoms with Gasteiger partial charge in [0.25, 0.3) is 5.69 Å². The Hall–Kier alpha value is -2.40. The fourth-order valence-corrected chi connectivity index (χ4v) is 1.86. The van der Waals surface area contributed by atoms with Gasteiger partial charge in [-0.05, 0) is 24.1 Å². The predicted octanol–water partition coefficient (Wildman–Crippen LogP) is 2.97. The van der Waals surface area contributed by atoms with Crippen molar-refractivity contribution in [3.05, 3.63) is 69.3 Å². The van der Waals surface area contributed by atoms with E-state index in [-0.39, 0.29) is 12.3 Å². The molecule has 0 bridgehead atoms. The molecule has 0 saturated heterocycles. The minimum Gasteiger partial charge on any atom is -0.488 e. The van der Waals surface area contributed by atoms with E-state index >= 15 is 0 Å². The smallest absolute Gasteiger partial charge is 0.276 e. The van der Waals surface area contributed by atoms with Crippen LogP contribution in [0.2, 0.25) is 0 Å². The third-order valence-corrected chi connectivity index (χ3v) is 3.05. The second-order valence-electron chi connectivity index (χ2n) is 4.42. The lowest BCUT2D eigenvalue weighted by atomic mass is 10.1. The van der Waals surface area contributed by atoms with E-state index in [9.17, 15) is 10.1 Å². The SMILES string of the molecule is Cc1c(OCc2ccc(CO)cc2)cccc1[N+](=O)[O-]. The summed E-state index contributed by atoms with van der Waals surface area (Å²) in [5, 5.41) is 19.8. The largest absolute Gasteiger partial charge is 0.488 e. The van der Waals surface area contributed by atoms with Gasteiger partial charge in [-0.1, -0.05) is 30.3 Å². The Labute approximate surface area is 116 Å². The summed E-state index contributed by atoms with van der Waals surface area (Å²) < 4.78 is 5.62. The highest BCUT2D eigenvalue weighted by Crippen LogP contribution is 2.27. The van der Waals surface area contributed by atoms with Crippen molar-refractivity contribution in [2.45, 2.75) is 20.1 Å². The summed E-state index contributed by atoms with van der Waals surface area (Å²) in [4.78, 5) is 10.4. The van der Waals surface area contributed by atoms with E-state index in [1.807, 2.05) is 24.3 Å². The first kappa shape index (κ1) is 14.0. The van der Waals surface area contributed by atoms with Crippen LogP contribution in [-0.2, 0) is 13.2 Å². The summed E-state index contributed by atoms with van der Waals surface area (Å²) in [6.07, 6.45) is 0. The lowest BCUT2D eigenvalue weighted by molar-refractivity contribution is -0.385. The maximum atomic E-state index is 10.8. The molecule has 2 rings (SSSR count). The van der Waals surface area contributed by atoms with E-state index in [1.165, 1.54) is 6.07 Å². The van der Waals surface area contributed by atoms with Gasteiger partial charge in [0, 0.05) is 6.07 Å². The second-order valence-corrected chi connectivity index (χ2v) is 4.42. The van der Waals surface area contributed by atoms with Crippen LogP contribution in [-0.4, -0.2) is 10.0 Å². The normalized spacial score (nSPS) is 10.3. The summed E-state index contributed by atoms with van der Waals surface area (Å²) in [6, 6.07) is 12.1. The molecule has 0 aliphatic carbocycles. The number of hydrogen-bond donors (Lipinski definition) is 1. The van der Waals surface area contributed by atoms with Crippen LogP contribution in [0.5, 0.6) is 5.75 Å². The molecule has 20 heavy (non-hydrogen) atoms. The van der Waals surface area contributed by atoms with Crippen LogP contribution in [0.4, 0.5) is 5.69 Å². The van der Waals surface area contributed by atoms with Gasteiger partial charge in [0.05, 0.1) is 17.1 Å². The number of nitro groups is 1. The van der Waals surface area contributed by atoms with Crippen molar-refractivity contribution in [3.8, 4) is 5.75 Å². The average molecular weight is 273 g/mol. The molecule has 0 saturated carbocycles. The van der Waals surface area contributed by atoms with Gasteiger partial charge in [-0.25, -0.2) is 0 Å². The molecule has 104 valence electrons. The van der Waals surface area contributed by atoms with Crippen molar-refractivity contribution < 1.29 is 14.8 Å². The Morgan fingerprint density at radius 2 is 1.80 bits per heavy atom. The summed E-state index contributed by atoms with van der Waals surface area (Å²) in [7, 11) is 0. The summed E-state index contributed by atoms with van der Waals surface area (Å²) in [5.41, 5.74) is 2.34. The van der Waals surface area contributed by atoms with Gasteiger partial charge in [0.1, 0.15) is 12.4 Å². The molecule has 1 N–H and O–H groups in total. The Morgan fingerprint density at radius 1 is 1.15 bits per heavy atom. The molecule has 0 aliphatic rings. The van der Waals surface area contributed by atoms with Gasteiger partial charge < -0.3 is 9.84 Å². The molecule has 0 fully saturated rings. The van der Waals surface area contributed by atoms with Gasteiger partial charge in [-0.2, -0.15) is 0 Å². The lowest BCUT2D eigenvalue weighted by Crippen LogP contribution is -1.99. The van der Waals surface area contributed by atoms with E-state index in [0.717, 1.165) is 11.1 Å². The zero-order valence-electron chi connectivity index (χ0n) is 11.1. The van der Waals surface area contributed by atoms with Crippen molar-refractivity contribution in [2.24, 2.45) is 0 Å². The van der Waals surface area contributed by atoms with Gasteiger partial charge in [-0.15, -0.1) is 0 Å². The maximum Gasteiger partial charge on any atom is 0.276 e. The summed E-state index contributed by atoms with van der Waals surface area (Å²) >= 11 is 0. The molecule has 0 amide bonds. The molecule has 0 heterocycles. The van der Waals surface area contributed by atoms with Crippen LogP contribution in [0, 0.1) is 17.0 Å². The number of ether oxygens (including phenoxy) is 1. The second kappa shape index (κ2) is 6.16. The van der Waals surface area contributed by atoms with E-state index in [0.29, 0.717) is 17.9 Å². The molecule has 0 unspecified atom stereocenters. The van der Waals surface area contributed by atoms with Crippen LogP contribution < -0.4 is 4.74 Å². The number of aliphatic hydroxyl groups is 1. The van der Waals surface area contributed by atoms with Crippen molar-refractivity contribution >= 4 is 5.69 Å². The molecular formula is C15H15NO4. The molecule has 2 aromatic rings. The number of hydrogen-bond acceptors (Lipinski definition) is 4. The number of nitrogens with zero attached hydrogens (tertiary/aromatic N) is 1. The highest BCUT2D eigenvalue weighted by Gasteiger charge is 2.13. The Balaban J connectivity index is 2.10. The highest BCUT2D eigenvalue weighted by molar-refractivity contribution is 5.48. The van der Waals surface area contributed by atoms with Crippen LogP contribution in [0.25, 0.3) is 0 Å². The third-order valence-electron chi connectivity index (χ3n) is 3.05. The third kappa shape index (κ3) is 3.13. The first-order valence-corrected chi connectivity index (χ1v) is 6.17. The number of benzene rings is 2. The average Bonchev–Trinajstić information content (AvgIpc) is 2.46. The minimum absolute atomic E-state index is 0.00508. The van der Waals surface area contributed by atoms with Gasteiger partial charge in [-0.3, -0.25) is 10.1 Å². The minimum atomic E-state index is -0.418. The fourth-order valence-electron chi connectivity index (χ4n) is 1.86. The van der Waals surface area contributed by atoms with Gasteiger partial charge in [0.15, 0.2) is 0 Å². The van der Waals surface area contributed by atoms with Crippen LogP contribution >= 0.6 is 0 Å². The van der Waals surface area contributed by atoms with Gasteiger partial charge in [0.2, 0.25) is 0 Å². The zero-order chi connectivity index (χ0) is 14.5. The molecule has 0 atom stereocenters. The Morgan fingerprint density at radius 3 is 2.40 bits per heavy atom. The molecule has 0 radical (unpaired) electrons. The first-order chi connectivity index (χ1) is 9.61. The lowest BCUT2D eigenvalue weighted by Gasteiger charge is -2.09. The van der Waals surface area contributed by atoms with Crippen LogP contribution in [0.15, 0.2) is 42.5 Å². The van der Waals surface area contributed by atoms with E-state index in [4.69, 9.17) is 9.84 Å². The fraction of sp³-hybridized carbons (Fsp3) is 0.200. The maximum absolute atomic E-state index is 10.8. The molecule has 0 spiro atoms. The molecular weight excluding hydrogens is 258 g/mol. The Bertz CT molecular complexity index is 608. The quantitative estimate of drug-likeness (QED) is 0.671. The molecule has 5 nitrogen and oxygen atoms in total. The van der Waals surface area contributed by atoms with Crippen LogP contribution in [0.1, 0.15) is 16.7 Å². The first-order valence-electron chi connectivity index (χ1n) is 6.17. The number of aliphatic hydroxyl groups excluding tert-OH is 1. The zero-order valence-corrected chi connectivity index (χ0v) is 11.1. The summed E-state index contributed by atoms with van der Waals surface area (Å²) in [6.45, 7) is 2.00. The molecule has 2 aromatic carbocycles. The molecule has 0 aliphatic heterocycles. The van der Waals surface area contributed by atoms with Crippen LogP contribution in [0.3, 0.4) is 0 Å².